The van der Waals surface area contributed by atoms with Crippen molar-refractivity contribution in [2.24, 2.45) is 5.41 Å². The molecule has 0 bridgehead atoms. The molecule has 0 radical (unpaired) electrons. The first-order valence-corrected chi connectivity index (χ1v) is 5.52. The van der Waals surface area contributed by atoms with Gasteiger partial charge < -0.3 is 9.47 Å². The second-order valence-electron chi connectivity index (χ2n) is 4.58. The van der Waals surface area contributed by atoms with Gasteiger partial charge in [-0.2, -0.15) is 0 Å². The minimum absolute atomic E-state index is 0.290. The molecule has 0 fully saturated rings. The predicted octanol–water partition coefficient (Wildman–Crippen LogP) is 1.61. The van der Waals surface area contributed by atoms with Gasteiger partial charge in [0, 0.05) is 18.3 Å². The number of nitrogens with zero attached hydrogens (tertiary/aromatic N) is 1. The average Bonchev–Trinajstić information content (AvgIpc) is 2.37. The monoisotopic (exact) mass is 251 g/mol. The van der Waals surface area contributed by atoms with Crippen LogP contribution in [0.4, 0.5) is 0 Å². The van der Waals surface area contributed by atoms with E-state index in [-0.39, 0.29) is 5.97 Å². The van der Waals surface area contributed by atoms with E-state index in [0.29, 0.717) is 12.0 Å². The Kier molecular flexibility index (Phi) is 4.42. The molecule has 0 aliphatic rings. The molecule has 0 saturated heterocycles. The summed E-state index contributed by atoms with van der Waals surface area (Å²) in [6, 6.07) is 3.33. The number of hydrogen-bond donors (Lipinski definition) is 0. The summed E-state index contributed by atoms with van der Waals surface area (Å²) in [5.41, 5.74) is 0.462. The van der Waals surface area contributed by atoms with Crippen LogP contribution in [0, 0.1) is 5.41 Å². The van der Waals surface area contributed by atoms with Crippen LogP contribution in [0.1, 0.15) is 29.9 Å². The van der Waals surface area contributed by atoms with E-state index in [4.69, 9.17) is 4.74 Å². The van der Waals surface area contributed by atoms with Crippen LogP contribution in [0.25, 0.3) is 0 Å². The van der Waals surface area contributed by atoms with E-state index in [9.17, 15) is 9.59 Å². The van der Waals surface area contributed by atoms with E-state index in [1.165, 1.54) is 20.4 Å². The van der Waals surface area contributed by atoms with E-state index >= 15 is 0 Å². The molecule has 98 valence electrons. The lowest BCUT2D eigenvalue weighted by Crippen LogP contribution is -2.28. The Hall–Kier alpha value is -1.91. The number of esters is 2. The van der Waals surface area contributed by atoms with Gasteiger partial charge in [-0.3, -0.25) is 9.78 Å². The van der Waals surface area contributed by atoms with Gasteiger partial charge in [0.25, 0.3) is 0 Å². The summed E-state index contributed by atoms with van der Waals surface area (Å²) >= 11 is 0. The third kappa shape index (κ3) is 3.29. The van der Waals surface area contributed by atoms with Crippen LogP contribution in [0.5, 0.6) is 0 Å². The highest BCUT2D eigenvalue weighted by atomic mass is 16.5. The van der Waals surface area contributed by atoms with E-state index in [2.05, 4.69) is 9.72 Å². The third-order valence-corrected chi connectivity index (χ3v) is 2.61. The Morgan fingerprint density at radius 2 is 1.89 bits per heavy atom. The van der Waals surface area contributed by atoms with Crippen LogP contribution in [-0.2, 0) is 20.7 Å². The van der Waals surface area contributed by atoms with Gasteiger partial charge in [0.1, 0.15) is 0 Å². The molecule has 0 aliphatic carbocycles. The Labute approximate surface area is 106 Å². The molecule has 0 amide bonds. The number of ether oxygens (including phenoxy) is 2. The third-order valence-electron chi connectivity index (χ3n) is 2.61. The Morgan fingerprint density at radius 1 is 1.22 bits per heavy atom. The SMILES string of the molecule is COC(=O)c1ccc(CC(C)(C)C(=O)OC)nc1. The van der Waals surface area contributed by atoms with Crippen molar-refractivity contribution >= 4 is 11.9 Å². The van der Waals surface area contributed by atoms with Crippen LogP contribution in [0.2, 0.25) is 0 Å². The highest BCUT2D eigenvalue weighted by molar-refractivity contribution is 5.88. The molecule has 5 heteroatoms. The number of carbonyl (C=O) groups is 2. The molecule has 0 aromatic carbocycles. The molecular weight excluding hydrogens is 234 g/mol. The smallest absolute Gasteiger partial charge is 0.339 e. The summed E-state index contributed by atoms with van der Waals surface area (Å²) in [5.74, 6) is -0.720. The molecule has 1 heterocycles. The van der Waals surface area contributed by atoms with Crippen molar-refractivity contribution in [3.05, 3.63) is 29.6 Å². The van der Waals surface area contributed by atoms with Crippen molar-refractivity contribution in [1.29, 1.82) is 0 Å². The second kappa shape index (κ2) is 5.62. The largest absolute Gasteiger partial charge is 0.469 e. The first-order chi connectivity index (χ1) is 8.40. The van der Waals surface area contributed by atoms with Crippen molar-refractivity contribution in [2.45, 2.75) is 20.3 Å². The lowest BCUT2D eigenvalue weighted by molar-refractivity contribution is -0.150. The van der Waals surface area contributed by atoms with Gasteiger partial charge in [-0.05, 0) is 26.0 Å². The van der Waals surface area contributed by atoms with Crippen molar-refractivity contribution in [3.63, 3.8) is 0 Å². The predicted molar refractivity (Wildman–Crippen MR) is 65.1 cm³/mol. The van der Waals surface area contributed by atoms with Crippen molar-refractivity contribution < 1.29 is 19.1 Å². The molecule has 0 aliphatic heterocycles. The van der Waals surface area contributed by atoms with Crippen molar-refractivity contribution in [1.82, 2.24) is 4.98 Å². The zero-order valence-electron chi connectivity index (χ0n) is 11.0. The number of rotatable bonds is 4. The lowest BCUT2D eigenvalue weighted by Gasteiger charge is -2.20. The Morgan fingerprint density at radius 3 is 2.33 bits per heavy atom. The first-order valence-electron chi connectivity index (χ1n) is 5.52. The molecule has 0 saturated carbocycles. The standard InChI is InChI=1S/C13H17NO4/c1-13(2,12(16)18-4)7-10-6-5-9(8-14-10)11(15)17-3/h5-6,8H,7H2,1-4H3. The van der Waals surface area contributed by atoms with Gasteiger partial charge in [-0.1, -0.05) is 0 Å². The maximum Gasteiger partial charge on any atom is 0.339 e. The minimum Gasteiger partial charge on any atom is -0.469 e. The first kappa shape index (κ1) is 14.2. The molecule has 0 unspecified atom stereocenters. The molecule has 1 aromatic rings. The summed E-state index contributed by atoms with van der Waals surface area (Å²) in [4.78, 5) is 26.9. The zero-order valence-corrected chi connectivity index (χ0v) is 11.0. The van der Waals surface area contributed by atoms with E-state index in [1.54, 1.807) is 26.0 Å². The summed E-state index contributed by atoms with van der Waals surface area (Å²) in [7, 11) is 2.68. The van der Waals surface area contributed by atoms with Crippen molar-refractivity contribution in [3.8, 4) is 0 Å². The van der Waals surface area contributed by atoms with E-state index < -0.39 is 11.4 Å². The summed E-state index contributed by atoms with van der Waals surface area (Å²) < 4.78 is 9.31. The van der Waals surface area contributed by atoms with Gasteiger partial charge in [0.15, 0.2) is 0 Å². The highest BCUT2D eigenvalue weighted by Gasteiger charge is 2.29. The van der Waals surface area contributed by atoms with Crippen LogP contribution >= 0.6 is 0 Å². The second-order valence-corrected chi connectivity index (χ2v) is 4.58. The normalized spacial score (nSPS) is 10.9. The van der Waals surface area contributed by atoms with Gasteiger partial charge >= 0.3 is 11.9 Å². The van der Waals surface area contributed by atoms with Crippen LogP contribution < -0.4 is 0 Å². The summed E-state index contributed by atoms with van der Waals surface area (Å²) in [6.45, 7) is 3.57. The number of aromatic nitrogens is 1. The van der Waals surface area contributed by atoms with Gasteiger partial charge in [-0.15, -0.1) is 0 Å². The molecule has 18 heavy (non-hydrogen) atoms. The number of methoxy groups -OCH3 is 2. The van der Waals surface area contributed by atoms with Crippen LogP contribution in [-0.4, -0.2) is 31.1 Å². The molecule has 1 rings (SSSR count). The topological polar surface area (TPSA) is 65.5 Å². The molecular formula is C13H17NO4. The lowest BCUT2D eigenvalue weighted by atomic mass is 9.87. The van der Waals surface area contributed by atoms with Gasteiger partial charge in [-0.25, -0.2) is 4.79 Å². The van der Waals surface area contributed by atoms with Crippen molar-refractivity contribution in [2.75, 3.05) is 14.2 Å². The van der Waals surface area contributed by atoms with Crippen LogP contribution in [0.3, 0.4) is 0 Å². The highest BCUT2D eigenvalue weighted by Crippen LogP contribution is 2.22. The number of pyridine rings is 1. The maximum absolute atomic E-state index is 11.5. The molecule has 5 nitrogen and oxygen atoms in total. The number of carbonyl (C=O) groups excluding carboxylic acids is 2. The van der Waals surface area contributed by atoms with Crippen LogP contribution in [0.15, 0.2) is 18.3 Å². The molecule has 0 spiro atoms. The molecule has 0 N–H and O–H groups in total. The van der Waals surface area contributed by atoms with E-state index in [1.807, 2.05) is 0 Å². The molecule has 1 aromatic heterocycles. The van der Waals surface area contributed by atoms with E-state index in [0.717, 1.165) is 5.69 Å². The average molecular weight is 251 g/mol. The Bertz CT molecular complexity index is 437. The number of hydrogen-bond acceptors (Lipinski definition) is 5. The maximum atomic E-state index is 11.5. The Balaban J connectivity index is 2.81. The van der Waals surface area contributed by atoms with Gasteiger partial charge in [0.05, 0.1) is 25.2 Å². The van der Waals surface area contributed by atoms with Gasteiger partial charge in [0.2, 0.25) is 0 Å². The fraction of sp³-hybridized carbons (Fsp3) is 0.462. The summed E-state index contributed by atoms with van der Waals surface area (Å²) in [5, 5.41) is 0. The fourth-order valence-corrected chi connectivity index (χ4v) is 1.57. The zero-order chi connectivity index (χ0) is 13.8. The fourth-order valence-electron chi connectivity index (χ4n) is 1.57. The molecule has 0 atom stereocenters. The quantitative estimate of drug-likeness (QED) is 0.760. The minimum atomic E-state index is -0.644. The summed E-state index contributed by atoms with van der Waals surface area (Å²) in [6.07, 6.45) is 1.88.